The van der Waals surface area contributed by atoms with Gasteiger partial charge in [-0.2, -0.15) is 0 Å². The summed E-state index contributed by atoms with van der Waals surface area (Å²) in [6.07, 6.45) is 0. The minimum Gasteiger partial charge on any atom is -0.355 e. The predicted molar refractivity (Wildman–Crippen MR) is 82.4 cm³/mol. The standard InChI is InChI=1S/C18H19N/c1-18(2,3)15-10-8-13(9-11-15)17-12-14-6-4-5-7-16(14)19-17/h4-12,19H,1-3H3. The van der Waals surface area contributed by atoms with Gasteiger partial charge in [0.15, 0.2) is 0 Å². The zero-order valence-electron chi connectivity index (χ0n) is 11.7. The van der Waals surface area contributed by atoms with Gasteiger partial charge < -0.3 is 4.98 Å². The maximum Gasteiger partial charge on any atom is 0.0464 e. The van der Waals surface area contributed by atoms with Crippen molar-refractivity contribution >= 4 is 10.9 Å². The van der Waals surface area contributed by atoms with Gasteiger partial charge in [-0.1, -0.05) is 63.2 Å². The van der Waals surface area contributed by atoms with Gasteiger partial charge in [0.1, 0.15) is 0 Å². The van der Waals surface area contributed by atoms with Crippen LogP contribution in [0, 0.1) is 0 Å². The summed E-state index contributed by atoms with van der Waals surface area (Å²) in [6, 6.07) is 19.4. The molecule has 0 saturated heterocycles. The van der Waals surface area contributed by atoms with E-state index in [1.807, 2.05) is 0 Å². The number of H-pyrrole nitrogens is 1. The smallest absolute Gasteiger partial charge is 0.0464 e. The molecule has 1 aromatic heterocycles. The summed E-state index contributed by atoms with van der Waals surface area (Å²) in [5, 5.41) is 1.26. The highest BCUT2D eigenvalue weighted by Crippen LogP contribution is 2.27. The minimum atomic E-state index is 0.207. The first-order valence-electron chi connectivity index (χ1n) is 6.73. The Balaban J connectivity index is 2.02. The van der Waals surface area contributed by atoms with Crippen molar-refractivity contribution in [2.24, 2.45) is 0 Å². The highest BCUT2D eigenvalue weighted by molar-refractivity contribution is 5.85. The van der Waals surface area contributed by atoms with Gasteiger partial charge in [0.05, 0.1) is 0 Å². The number of benzene rings is 2. The first-order valence-corrected chi connectivity index (χ1v) is 6.73. The molecule has 1 nitrogen and oxygen atoms in total. The fraction of sp³-hybridized carbons (Fsp3) is 0.222. The first-order chi connectivity index (χ1) is 9.04. The molecule has 19 heavy (non-hydrogen) atoms. The molecule has 1 heterocycles. The van der Waals surface area contributed by atoms with E-state index in [9.17, 15) is 0 Å². The van der Waals surface area contributed by atoms with Crippen LogP contribution in [0.1, 0.15) is 26.3 Å². The number of fused-ring (bicyclic) bond motifs is 1. The van der Waals surface area contributed by atoms with E-state index in [1.54, 1.807) is 0 Å². The molecule has 96 valence electrons. The van der Waals surface area contributed by atoms with Gasteiger partial charge in [0.25, 0.3) is 0 Å². The summed E-state index contributed by atoms with van der Waals surface area (Å²) in [5.41, 5.74) is 5.19. The molecule has 3 rings (SSSR count). The Labute approximate surface area is 114 Å². The van der Waals surface area contributed by atoms with Crippen LogP contribution in [0.4, 0.5) is 0 Å². The quantitative estimate of drug-likeness (QED) is 0.615. The number of aromatic amines is 1. The maximum absolute atomic E-state index is 3.47. The van der Waals surface area contributed by atoms with Gasteiger partial charge in [-0.3, -0.25) is 0 Å². The summed E-state index contributed by atoms with van der Waals surface area (Å²) < 4.78 is 0. The first kappa shape index (κ1) is 12.0. The van der Waals surface area contributed by atoms with Crippen molar-refractivity contribution in [1.29, 1.82) is 0 Å². The molecule has 0 aliphatic heterocycles. The maximum atomic E-state index is 3.47. The van der Waals surface area contributed by atoms with E-state index in [2.05, 4.69) is 80.4 Å². The molecule has 0 saturated carbocycles. The molecule has 0 fully saturated rings. The summed E-state index contributed by atoms with van der Waals surface area (Å²) in [4.78, 5) is 3.47. The van der Waals surface area contributed by atoms with Crippen molar-refractivity contribution in [3.05, 3.63) is 60.2 Å². The minimum absolute atomic E-state index is 0.207. The van der Waals surface area contributed by atoms with Crippen LogP contribution in [0.5, 0.6) is 0 Å². The second-order valence-electron chi connectivity index (χ2n) is 6.10. The fourth-order valence-electron chi connectivity index (χ4n) is 2.38. The Morgan fingerprint density at radius 1 is 0.842 bits per heavy atom. The van der Waals surface area contributed by atoms with E-state index >= 15 is 0 Å². The highest BCUT2D eigenvalue weighted by Gasteiger charge is 2.13. The third-order valence-corrected chi connectivity index (χ3v) is 3.59. The number of hydrogen-bond acceptors (Lipinski definition) is 0. The Morgan fingerprint density at radius 3 is 2.16 bits per heavy atom. The monoisotopic (exact) mass is 249 g/mol. The molecule has 0 atom stereocenters. The second-order valence-corrected chi connectivity index (χ2v) is 6.10. The number of nitrogens with one attached hydrogen (secondary N) is 1. The van der Waals surface area contributed by atoms with Crippen LogP contribution >= 0.6 is 0 Å². The molecule has 3 aromatic rings. The highest BCUT2D eigenvalue weighted by atomic mass is 14.7. The van der Waals surface area contributed by atoms with E-state index in [4.69, 9.17) is 0 Å². The normalized spacial score (nSPS) is 11.9. The third kappa shape index (κ3) is 2.28. The van der Waals surface area contributed by atoms with E-state index < -0.39 is 0 Å². The average molecular weight is 249 g/mol. The molecule has 1 heteroatoms. The molecule has 1 N–H and O–H groups in total. The zero-order chi connectivity index (χ0) is 13.5. The van der Waals surface area contributed by atoms with Gasteiger partial charge in [0.2, 0.25) is 0 Å². The van der Waals surface area contributed by atoms with E-state index in [0.29, 0.717) is 0 Å². The van der Waals surface area contributed by atoms with Crippen LogP contribution in [0.3, 0.4) is 0 Å². The Bertz CT molecular complexity index is 663. The van der Waals surface area contributed by atoms with Crippen LogP contribution in [-0.2, 0) is 5.41 Å². The van der Waals surface area contributed by atoms with E-state index in [1.165, 1.54) is 27.7 Å². The van der Waals surface area contributed by atoms with Crippen molar-refractivity contribution in [2.75, 3.05) is 0 Å². The molecule has 0 radical (unpaired) electrons. The Kier molecular flexibility index (Phi) is 2.70. The number of para-hydroxylation sites is 1. The number of aromatic nitrogens is 1. The lowest BCUT2D eigenvalue weighted by molar-refractivity contribution is 0.590. The van der Waals surface area contributed by atoms with Gasteiger partial charge in [-0.05, 0) is 28.7 Å². The SMILES string of the molecule is CC(C)(C)c1ccc(-c2cc3ccccc3[nH]2)cc1. The summed E-state index contributed by atoms with van der Waals surface area (Å²) >= 11 is 0. The van der Waals surface area contributed by atoms with Crippen molar-refractivity contribution in [2.45, 2.75) is 26.2 Å². The van der Waals surface area contributed by atoms with Crippen LogP contribution in [0.2, 0.25) is 0 Å². The predicted octanol–water partition coefficient (Wildman–Crippen LogP) is 5.13. The third-order valence-electron chi connectivity index (χ3n) is 3.59. The lowest BCUT2D eigenvalue weighted by Crippen LogP contribution is -2.10. The largest absolute Gasteiger partial charge is 0.355 e. The van der Waals surface area contributed by atoms with Gasteiger partial charge >= 0.3 is 0 Å². The van der Waals surface area contributed by atoms with Crippen LogP contribution in [0.25, 0.3) is 22.2 Å². The van der Waals surface area contributed by atoms with Crippen LogP contribution < -0.4 is 0 Å². The fourth-order valence-corrected chi connectivity index (χ4v) is 2.38. The summed E-state index contributed by atoms with van der Waals surface area (Å²) in [5.74, 6) is 0. The van der Waals surface area contributed by atoms with Crippen LogP contribution in [-0.4, -0.2) is 4.98 Å². The van der Waals surface area contributed by atoms with Gasteiger partial charge in [-0.15, -0.1) is 0 Å². The molecule has 0 bridgehead atoms. The lowest BCUT2D eigenvalue weighted by atomic mass is 9.86. The van der Waals surface area contributed by atoms with Crippen molar-refractivity contribution in [3.8, 4) is 11.3 Å². The zero-order valence-corrected chi connectivity index (χ0v) is 11.7. The Morgan fingerprint density at radius 2 is 1.53 bits per heavy atom. The van der Waals surface area contributed by atoms with Crippen molar-refractivity contribution in [3.63, 3.8) is 0 Å². The molecule has 2 aromatic carbocycles. The summed E-state index contributed by atoms with van der Waals surface area (Å²) in [7, 11) is 0. The van der Waals surface area contributed by atoms with Crippen molar-refractivity contribution < 1.29 is 0 Å². The molecular formula is C18H19N. The molecule has 0 aliphatic rings. The van der Waals surface area contributed by atoms with Crippen molar-refractivity contribution in [1.82, 2.24) is 4.98 Å². The number of rotatable bonds is 1. The molecular weight excluding hydrogens is 230 g/mol. The van der Waals surface area contributed by atoms with Crippen LogP contribution in [0.15, 0.2) is 54.6 Å². The van der Waals surface area contributed by atoms with Gasteiger partial charge in [0, 0.05) is 16.6 Å². The molecule has 0 unspecified atom stereocenters. The molecule has 0 aliphatic carbocycles. The van der Waals surface area contributed by atoms with E-state index in [0.717, 1.165) is 0 Å². The van der Waals surface area contributed by atoms with Gasteiger partial charge in [-0.25, -0.2) is 0 Å². The second kappa shape index (κ2) is 4.27. The molecule has 0 spiro atoms. The van der Waals surface area contributed by atoms with E-state index in [-0.39, 0.29) is 5.41 Å². The topological polar surface area (TPSA) is 15.8 Å². The average Bonchev–Trinajstić information content (AvgIpc) is 2.81. The lowest BCUT2D eigenvalue weighted by Gasteiger charge is -2.19. The summed E-state index contributed by atoms with van der Waals surface area (Å²) in [6.45, 7) is 6.72. The number of hydrogen-bond donors (Lipinski definition) is 1. The molecule has 0 amide bonds. The Hall–Kier alpha value is -2.02.